The molecule has 2 aromatic rings. The standard InChI is InChI=1S/C15H17ClF3NO.C14H17ClF3NO/c1-2-8-20-9-6-11(7-10-20)12-4-3-5-13(14(12)16)21-15(17,18)19;1-2-19-8-6-10(7-9-19)11-4-3-5-12(13(11)15)20-14(16,17)18/h2-5,11H,1,6-10H2;3-5,10H,2,6-9H2,1H3. The summed E-state index contributed by atoms with van der Waals surface area (Å²) in [5.41, 5.74) is 1.49. The van der Waals surface area contributed by atoms with E-state index in [0.29, 0.717) is 0 Å². The van der Waals surface area contributed by atoms with Gasteiger partial charge in [0.1, 0.15) is 11.5 Å². The Balaban J connectivity index is 0.000000226. The molecular formula is C29H34Cl2F6N2O2. The van der Waals surface area contributed by atoms with Crippen LogP contribution >= 0.6 is 23.2 Å². The topological polar surface area (TPSA) is 24.9 Å². The molecule has 2 heterocycles. The van der Waals surface area contributed by atoms with E-state index < -0.39 is 12.7 Å². The molecule has 2 aromatic carbocycles. The molecular weight excluding hydrogens is 593 g/mol. The first-order valence-corrected chi connectivity index (χ1v) is 14.2. The minimum Gasteiger partial charge on any atom is -0.404 e. The maximum atomic E-state index is 12.3. The number of hydrogen-bond donors (Lipinski definition) is 0. The van der Waals surface area contributed by atoms with E-state index in [1.54, 1.807) is 24.3 Å². The summed E-state index contributed by atoms with van der Waals surface area (Å²) in [7, 11) is 0. The highest BCUT2D eigenvalue weighted by Gasteiger charge is 2.34. The van der Waals surface area contributed by atoms with Gasteiger partial charge < -0.3 is 14.4 Å². The summed E-state index contributed by atoms with van der Waals surface area (Å²) in [4.78, 5) is 4.58. The van der Waals surface area contributed by atoms with Crippen LogP contribution in [0.3, 0.4) is 0 Å². The number of nitrogens with zero attached hydrogens (tertiary/aromatic N) is 2. The molecule has 0 amide bonds. The molecule has 0 bridgehead atoms. The Hall–Kier alpha value is -2.14. The Morgan fingerprint density at radius 2 is 1.15 bits per heavy atom. The highest BCUT2D eigenvalue weighted by Crippen LogP contribution is 2.40. The summed E-state index contributed by atoms with van der Waals surface area (Å²) in [5, 5.41) is 0.150. The fraction of sp³-hybridized carbons (Fsp3) is 0.517. The van der Waals surface area contributed by atoms with Gasteiger partial charge in [0, 0.05) is 6.54 Å². The van der Waals surface area contributed by atoms with Gasteiger partial charge >= 0.3 is 12.7 Å². The minimum atomic E-state index is -4.73. The molecule has 2 fully saturated rings. The largest absolute Gasteiger partial charge is 0.573 e. The Bertz CT molecular complexity index is 1130. The molecule has 0 radical (unpaired) electrons. The Labute approximate surface area is 246 Å². The smallest absolute Gasteiger partial charge is 0.404 e. The van der Waals surface area contributed by atoms with Crippen LogP contribution < -0.4 is 9.47 Å². The zero-order valence-electron chi connectivity index (χ0n) is 22.7. The first kappa shape index (κ1) is 33.4. The molecule has 2 saturated heterocycles. The third kappa shape index (κ3) is 10.3. The van der Waals surface area contributed by atoms with Crippen molar-refractivity contribution in [3.8, 4) is 11.5 Å². The number of likely N-dealkylation sites (tertiary alicyclic amines) is 2. The summed E-state index contributed by atoms with van der Waals surface area (Å²) >= 11 is 12.2. The van der Waals surface area contributed by atoms with Crippen LogP contribution in [-0.2, 0) is 0 Å². The SMILES string of the molecule is C=CCN1CCC(c2cccc(OC(F)(F)F)c2Cl)CC1.CCN1CCC(c2cccc(OC(F)(F)F)c2Cl)CC1. The number of halogens is 8. The molecule has 0 atom stereocenters. The maximum Gasteiger partial charge on any atom is 0.573 e. The number of piperidine rings is 2. The number of ether oxygens (including phenoxy) is 2. The molecule has 0 aliphatic carbocycles. The lowest BCUT2D eigenvalue weighted by Gasteiger charge is -2.32. The van der Waals surface area contributed by atoms with Gasteiger partial charge in [-0.2, -0.15) is 0 Å². The summed E-state index contributed by atoms with van der Waals surface area (Å²) < 4.78 is 81.8. The van der Waals surface area contributed by atoms with Crippen LogP contribution in [0.4, 0.5) is 26.3 Å². The Morgan fingerprint density at radius 1 is 0.756 bits per heavy atom. The summed E-state index contributed by atoms with van der Waals surface area (Å²) in [5.74, 6) is -0.276. The van der Waals surface area contributed by atoms with Crippen molar-refractivity contribution in [3.63, 3.8) is 0 Å². The molecule has 0 spiro atoms. The summed E-state index contributed by atoms with van der Waals surface area (Å²) in [6, 6.07) is 9.18. The van der Waals surface area contributed by atoms with Crippen LogP contribution in [0, 0.1) is 0 Å². The van der Waals surface area contributed by atoms with Crippen molar-refractivity contribution in [3.05, 3.63) is 70.2 Å². The molecule has 228 valence electrons. The van der Waals surface area contributed by atoms with E-state index in [2.05, 4.69) is 32.8 Å². The fourth-order valence-corrected chi connectivity index (χ4v) is 5.90. The molecule has 0 unspecified atom stereocenters. The van der Waals surface area contributed by atoms with E-state index in [4.69, 9.17) is 23.2 Å². The van der Waals surface area contributed by atoms with Crippen molar-refractivity contribution in [2.45, 2.75) is 57.2 Å². The average molecular weight is 627 g/mol. The molecule has 0 aromatic heterocycles. The van der Waals surface area contributed by atoms with Gasteiger partial charge in [-0.25, -0.2) is 0 Å². The van der Waals surface area contributed by atoms with E-state index in [9.17, 15) is 26.3 Å². The minimum absolute atomic E-state index is 0.0667. The van der Waals surface area contributed by atoms with Crippen LogP contribution in [0.5, 0.6) is 11.5 Å². The maximum absolute atomic E-state index is 12.3. The first-order valence-electron chi connectivity index (χ1n) is 13.4. The van der Waals surface area contributed by atoms with Gasteiger partial charge in [0.05, 0.1) is 10.0 Å². The molecule has 4 nitrogen and oxygen atoms in total. The summed E-state index contributed by atoms with van der Waals surface area (Å²) in [6.07, 6.45) is -4.05. The number of alkyl halides is 6. The lowest BCUT2D eigenvalue weighted by Crippen LogP contribution is -2.33. The van der Waals surface area contributed by atoms with Gasteiger partial charge in [-0.3, -0.25) is 4.90 Å². The summed E-state index contributed by atoms with van der Waals surface area (Å²) in [6.45, 7) is 11.3. The molecule has 2 aliphatic rings. The Morgan fingerprint density at radius 3 is 1.49 bits per heavy atom. The Kier molecular flexibility index (Phi) is 12.1. The van der Waals surface area contributed by atoms with Crippen molar-refractivity contribution in [1.29, 1.82) is 0 Å². The van der Waals surface area contributed by atoms with Crippen molar-refractivity contribution >= 4 is 23.2 Å². The second kappa shape index (κ2) is 14.8. The number of rotatable bonds is 7. The molecule has 2 aliphatic heterocycles. The first-order chi connectivity index (χ1) is 19.3. The van der Waals surface area contributed by atoms with E-state index in [1.807, 2.05) is 6.08 Å². The van der Waals surface area contributed by atoms with E-state index in [1.165, 1.54) is 12.1 Å². The van der Waals surface area contributed by atoms with Gasteiger partial charge in [-0.05, 0) is 93.5 Å². The zero-order chi connectivity index (χ0) is 30.2. The van der Waals surface area contributed by atoms with E-state index >= 15 is 0 Å². The highest BCUT2D eigenvalue weighted by atomic mass is 35.5. The molecule has 0 saturated carbocycles. The number of hydrogen-bond acceptors (Lipinski definition) is 4. The van der Waals surface area contributed by atoms with Crippen LogP contribution in [-0.4, -0.2) is 61.8 Å². The van der Waals surface area contributed by atoms with Gasteiger partial charge in [-0.15, -0.1) is 32.9 Å². The molecule has 12 heteroatoms. The lowest BCUT2D eigenvalue weighted by atomic mass is 9.89. The molecule has 41 heavy (non-hydrogen) atoms. The third-order valence-electron chi connectivity index (χ3n) is 7.33. The highest BCUT2D eigenvalue weighted by molar-refractivity contribution is 6.33. The second-order valence-electron chi connectivity index (χ2n) is 9.99. The molecule has 0 N–H and O–H groups in total. The van der Waals surface area contributed by atoms with Crippen LogP contribution in [0.25, 0.3) is 0 Å². The van der Waals surface area contributed by atoms with Gasteiger partial charge in [0.15, 0.2) is 0 Å². The lowest BCUT2D eigenvalue weighted by molar-refractivity contribution is -0.275. The van der Waals surface area contributed by atoms with E-state index in [0.717, 1.165) is 76.1 Å². The number of benzene rings is 2. The van der Waals surface area contributed by atoms with Crippen LogP contribution in [0.15, 0.2) is 49.1 Å². The van der Waals surface area contributed by atoms with Crippen molar-refractivity contribution in [2.24, 2.45) is 0 Å². The molecule has 4 rings (SSSR count). The predicted molar refractivity (Wildman–Crippen MR) is 149 cm³/mol. The van der Waals surface area contributed by atoms with E-state index in [-0.39, 0.29) is 33.4 Å². The monoisotopic (exact) mass is 626 g/mol. The van der Waals surface area contributed by atoms with Crippen LogP contribution in [0.2, 0.25) is 10.0 Å². The predicted octanol–water partition coefficient (Wildman–Crippen LogP) is 9.04. The van der Waals surface area contributed by atoms with Crippen molar-refractivity contribution < 1.29 is 35.8 Å². The van der Waals surface area contributed by atoms with Crippen molar-refractivity contribution in [1.82, 2.24) is 9.80 Å². The quantitative estimate of drug-likeness (QED) is 0.226. The fourth-order valence-electron chi connectivity index (χ4n) is 5.26. The van der Waals surface area contributed by atoms with Gasteiger partial charge in [-0.1, -0.05) is 60.5 Å². The average Bonchev–Trinajstić information content (AvgIpc) is 2.91. The van der Waals surface area contributed by atoms with Crippen LogP contribution in [0.1, 0.15) is 55.6 Å². The zero-order valence-corrected chi connectivity index (χ0v) is 24.2. The normalized spacial score (nSPS) is 18.0. The van der Waals surface area contributed by atoms with Gasteiger partial charge in [0.25, 0.3) is 0 Å². The third-order valence-corrected chi connectivity index (χ3v) is 8.14. The van der Waals surface area contributed by atoms with Crippen molar-refractivity contribution in [2.75, 3.05) is 39.3 Å². The van der Waals surface area contributed by atoms with Gasteiger partial charge in [0.2, 0.25) is 0 Å². The second-order valence-corrected chi connectivity index (χ2v) is 10.7.